The third-order valence-electron chi connectivity index (χ3n) is 4.73. The highest BCUT2D eigenvalue weighted by Crippen LogP contribution is 2.25. The Morgan fingerprint density at radius 3 is 2.81 bits per heavy atom. The molecule has 1 atom stereocenters. The summed E-state index contributed by atoms with van der Waals surface area (Å²) >= 11 is 0. The van der Waals surface area contributed by atoms with Crippen molar-refractivity contribution in [1.29, 1.82) is 0 Å². The van der Waals surface area contributed by atoms with Gasteiger partial charge in [-0.1, -0.05) is 13.8 Å². The van der Waals surface area contributed by atoms with Gasteiger partial charge in [-0.05, 0) is 39.0 Å². The first-order chi connectivity index (χ1) is 10.2. The van der Waals surface area contributed by atoms with Gasteiger partial charge in [0.1, 0.15) is 12.2 Å². The number of carbonyl (C=O) groups excluding carboxylic acids is 1. The summed E-state index contributed by atoms with van der Waals surface area (Å²) in [5, 5.41) is 8.17. The largest absolute Gasteiger partial charge is 0.339 e. The number of aryl methyl sites for hydroxylation is 2. The second-order valence-electron chi connectivity index (χ2n) is 5.91. The molecule has 1 aromatic heterocycles. The first-order valence-corrected chi connectivity index (χ1v) is 8.38. The van der Waals surface area contributed by atoms with Gasteiger partial charge < -0.3 is 9.47 Å². The lowest BCUT2D eigenvalue weighted by Crippen LogP contribution is -2.39. The zero-order chi connectivity index (χ0) is 15.2. The monoisotopic (exact) mass is 292 g/mol. The molecule has 1 fully saturated rings. The normalized spacial score (nSPS) is 18.7. The molecule has 0 bridgehead atoms. The smallest absolute Gasteiger partial charge is 0.225 e. The second-order valence-corrected chi connectivity index (χ2v) is 5.91. The Kier molecular flexibility index (Phi) is 5.76. The summed E-state index contributed by atoms with van der Waals surface area (Å²) in [6.07, 6.45) is 7.86. The molecule has 2 heterocycles. The third kappa shape index (κ3) is 3.63. The van der Waals surface area contributed by atoms with Gasteiger partial charge in [-0.3, -0.25) is 4.79 Å². The zero-order valence-electron chi connectivity index (χ0n) is 13.6. The van der Waals surface area contributed by atoms with Crippen LogP contribution in [0.3, 0.4) is 0 Å². The summed E-state index contributed by atoms with van der Waals surface area (Å²) in [4.78, 5) is 14.7. The van der Waals surface area contributed by atoms with Gasteiger partial charge in [-0.2, -0.15) is 0 Å². The molecule has 118 valence electrons. The molecule has 5 heteroatoms. The molecule has 0 aromatic carbocycles. The number of hydrogen-bond acceptors (Lipinski definition) is 3. The van der Waals surface area contributed by atoms with Gasteiger partial charge in [0, 0.05) is 31.5 Å². The minimum atomic E-state index is 0.199. The van der Waals surface area contributed by atoms with Crippen molar-refractivity contribution in [1.82, 2.24) is 19.7 Å². The summed E-state index contributed by atoms with van der Waals surface area (Å²) in [7, 11) is 0. The van der Waals surface area contributed by atoms with Crippen LogP contribution in [0.25, 0.3) is 0 Å². The van der Waals surface area contributed by atoms with Crippen LogP contribution in [0.15, 0.2) is 6.33 Å². The highest BCUT2D eigenvalue weighted by molar-refractivity contribution is 5.79. The van der Waals surface area contributed by atoms with Crippen molar-refractivity contribution in [2.75, 3.05) is 6.54 Å². The van der Waals surface area contributed by atoms with Gasteiger partial charge in [0.25, 0.3) is 0 Å². The molecule has 0 radical (unpaired) electrons. The number of hydrogen-bond donors (Lipinski definition) is 0. The number of nitrogens with zero attached hydrogens (tertiary/aromatic N) is 4. The van der Waals surface area contributed by atoms with Crippen molar-refractivity contribution in [3.63, 3.8) is 0 Å². The summed E-state index contributed by atoms with van der Waals surface area (Å²) in [6, 6.07) is 0.389. The van der Waals surface area contributed by atoms with Crippen molar-refractivity contribution in [3.05, 3.63) is 12.2 Å². The van der Waals surface area contributed by atoms with Crippen LogP contribution in [0.5, 0.6) is 0 Å². The third-order valence-corrected chi connectivity index (χ3v) is 4.73. The number of rotatable bonds is 7. The molecule has 0 N–H and O–H groups in total. The Balaban J connectivity index is 1.94. The van der Waals surface area contributed by atoms with Gasteiger partial charge in [-0.25, -0.2) is 0 Å². The van der Waals surface area contributed by atoms with Crippen molar-refractivity contribution < 1.29 is 4.79 Å². The van der Waals surface area contributed by atoms with E-state index in [1.807, 2.05) is 0 Å². The summed E-state index contributed by atoms with van der Waals surface area (Å²) in [5.74, 6) is 1.60. The van der Waals surface area contributed by atoms with E-state index in [4.69, 9.17) is 0 Å². The van der Waals surface area contributed by atoms with Crippen LogP contribution in [-0.4, -0.2) is 38.2 Å². The molecule has 1 saturated heterocycles. The Labute approximate surface area is 127 Å². The van der Waals surface area contributed by atoms with Crippen LogP contribution in [0.1, 0.15) is 58.7 Å². The fourth-order valence-electron chi connectivity index (χ4n) is 3.33. The maximum Gasteiger partial charge on any atom is 0.225 e. The van der Waals surface area contributed by atoms with E-state index in [2.05, 4.69) is 40.4 Å². The molecule has 2 rings (SSSR count). The lowest BCUT2D eigenvalue weighted by Gasteiger charge is -2.28. The lowest BCUT2D eigenvalue weighted by atomic mass is 10.0. The van der Waals surface area contributed by atoms with E-state index < -0.39 is 0 Å². The standard InChI is InChI=1S/C16H28N4O/c1-4-13(5-2)16(21)20-11-7-8-14(20)9-10-15-18-17-12-19(15)6-3/h12-14H,4-11H2,1-3H3. The molecule has 21 heavy (non-hydrogen) atoms. The Hall–Kier alpha value is -1.39. The molecule has 5 nitrogen and oxygen atoms in total. The average molecular weight is 292 g/mol. The Bertz CT molecular complexity index is 453. The van der Waals surface area contributed by atoms with Crippen LogP contribution in [0.2, 0.25) is 0 Å². The van der Waals surface area contributed by atoms with E-state index >= 15 is 0 Å². The summed E-state index contributed by atoms with van der Waals surface area (Å²) in [5.41, 5.74) is 0. The van der Waals surface area contributed by atoms with Crippen molar-refractivity contribution in [2.45, 2.75) is 71.9 Å². The molecule has 1 aliphatic rings. The number of carbonyl (C=O) groups is 1. The predicted octanol–water partition coefficient (Wildman–Crippen LogP) is 2.66. The quantitative estimate of drug-likeness (QED) is 0.776. The zero-order valence-corrected chi connectivity index (χ0v) is 13.6. The average Bonchev–Trinajstić information content (AvgIpc) is 3.14. The minimum Gasteiger partial charge on any atom is -0.339 e. The van der Waals surface area contributed by atoms with Gasteiger partial charge in [0.15, 0.2) is 0 Å². The fourth-order valence-corrected chi connectivity index (χ4v) is 3.33. The highest BCUT2D eigenvalue weighted by Gasteiger charge is 2.31. The maximum atomic E-state index is 12.6. The number of amides is 1. The van der Waals surface area contributed by atoms with Gasteiger partial charge in [0.2, 0.25) is 5.91 Å². The number of likely N-dealkylation sites (tertiary alicyclic amines) is 1. The molecule has 0 saturated carbocycles. The second kappa shape index (κ2) is 7.57. The first-order valence-electron chi connectivity index (χ1n) is 8.38. The van der Waals surface area contributed by atoms with E-state index in [9.17, 15) is 4.79 Å². The molecular weight excluding hydrogens is 264 g/mol. The van der Waals surface area contributed by atoms with Gasteiger partial charge >= 0.3 is 0 Å². The van der Waals surface area contributed by atoms with Crippen LogP contribution < -0.4 is 0 Å². The van der Waals surface area contributed by atoms with E-state index in [0.717, 1.165) is 57.4 Å². The topological polar surface area (TPSA) is 51.0 Å². The van der Waals surface area contributed by atoms with E-state index in [1.54, 1.807) is 6.33 Å². The van der Waals surface area contributed by atoms with Gasteiger partial charge in [0.05, 0.1) is 0 Å². The Morgan fingerprint density at radius 2 is 2.14 bits per heavy atom. The van der Waals surface area contributed by atoms with E-state index in [-0.39, 0.29) is 5.92 Å². The molecule has 1 amide bonds. The molecule has 1 unspecified atom stereocenters. The van der Waals surface area contributed by atoms with E-state index in [0.29, 0.717) is 11.9 Å². The molecular formula is C16H28N4O. The van der Waals surface area contributed by atoms with Crippen molar-refractivity contribution in [3.8, 4) is 0 Å². The van der Waals surface area contributed by atoms with Crippen molar-refractivity contribution in [2.24, 2.45) is 5.92 Å². The van der Waals surface area contributed by atoms with E-state index in [1.165, 1.54) is 0 Å². The fraction of sp³-hybridized carbons (Fsp3) is 0.812. The molecule has 1 aliphatic heterocycles. The lowest BCUT2D eigenvalue weighted by molar-refractivity contribution is -0.136. The van der Waals surface area contributed by atoms with Crippen LogP contribution in [0, 0.1) is 5.92 Å². The van der Waals surface area contributed by atoms with Gasteiger partial charge in [-0.15, -0.1) is 10.2 Å². The van der Waals surface area contributed by atoms with Crippen molar-refractivity contribution >= 4 is 5.91 Å². The Morgan fingerprint density at radius 1 is 1.38 bits per heavy atom. The molecule has 1 aromatic rings. The molecule has 0 spiro atoms. The maximum absolute atomic E-state index is 12.6. The predicted molar refractivity (Wildman–Crippen MR) is 82.8 cm³/mol. The summed E-state index contributed by atoms with van der Waals surface area (Å²) < 4.78 is 2.09. The van der Waals surface area contributed by atoms with Crippen LogP contribution >= 0.6 is 0 Å². The first kappa shape index (κ1) is 16.0. The van der Waals surface area contributed by atoms with Crippen LogP contribution in [0.4, 0.5) is 0 Å². The SMILES string of the molecule is CCC(CC)C(=O)N1CCCC1CCc1nncn1CC. The van der Waals surface area contributed by atoms with Crippen LogP contribution in [-0.2, 0) is 17.8 Å². The minimum absolute atomic E-state index is 0.199. The molecule has 0 aliphatic carbocycles. The summed E-state index contributed by atoms with van der Waals surface area (Å²) in [6.45, 7) is 8.16. The number of aromatic nitrogens is 3. The highest BCUT2D eigenvalue weighted by atomic mass is 16.2.